The van der Waals surface area contributed by atoms with Crippen LogP contribution in [0.25, 0.3) is 5.52 Å². The molecule has 148 valence electrons. The highest BCUT2D eigenvalue weighted by Gasteiger charge is 2.21. The first-order valence-electron chi connectivity index (χ1n) is 9.29. The van der Waals surface area contributed by atoms with Crippen LogP contribution in [0.15, 0.2) is 79.0 Å². The Morgan fingerprint density at radius 2 is 1.50 bits per heavy atom. The molecule has 2 N–H and O–H groups in total. The maximum atomic E-state index is 12.9. The second-order valence-corrected chi connectivity index (χ2v) is 6.65. The lowest BCUT2D eigenvalue weighted by Gasteiger charge is -2.05. The van der Waals surface area contributed by atoms with Crippen molar-refractivity contribution in [3.63, 3.8) is 0 Å². The molecule has 7 nitrogen and oxygen atoms in total. The minimum absolute atomic E-state index is 0.0667. The number of imidazole rings is 1. The van der Waals surface area contributed by atoms with Crippen molar-refractivity contribution in [2.45, 2.75) is 6.92 Å². The molecule has 0 radical (unpaired) electrons. The zero-order valence-electron chi connectivity index (χ0n) is 16.1. The van der Waals surface area contributed by atoms with Gasteiger partial charge in [-0.1, -0.05) is 36.4 Å². The van der Waals surface area contributed by atoms with E-state index in [1.807, 2.05) is 18.2 Å². The quantitative estimate of drug-likeness (QED) is 0.496. The predicted molar refractivity (Wildman–Crippen MR) is 114 cm³/mol. The van der Waals surface area contributed by atoms with Crippen LogP contribution in [0.5, 0.6) is 0 Å². The average Bonchev–Trinajstić information content (AvgIpc) is 3.15. The average molecular weight is 398 g/mol. The minimum Gasteiger partial charge on any atom is -0.321 e. The molecule has 0 aliphatic rings. The number of hydrogen-bond acceptors (Lipinski definition) is 4. The number of amides is 2. The Balaban J connectivity index is 1.66. The van der Waals surface area contributed by atoms with Crippen LogP contribution >= 0.6 is 0 Å². The Kier molecular flexibility index (Phi) is 5.09. The van der Waals surface area contributed by atoms with E-state index in [0.29, 0.717) is 22.5 Å². The van der Waals surface area contributed by atoms with E-state index in [0.717, 1.165) is 0 Å². The fourth-order valence-corrected chi connectivity index (χ4v) is 3.08. The zero-order chi connectivity index (χ0) is 21.1. The molecule has 4 rings (SSSR count). The molecular formula is C23H18N4O3. The maximum Gasteiger partial charge on any atom is 0.292 e. The van der Waals surface area contributed by atoms with E-state index in [4.69, 9.17) is 0 Å². The van der Waals surface area contributed by atoms with Crippen LogP contribution in [0.2, 0.25) is 0 Å². The van der Waals surface area contributed by atoms with Gasteiger partial charge in [0.25, 0.3) is 11.8 Å². The molecule has 0 spiro atoms. The Bertz CT molecular complexity index is 1260. The van der Waals surface area contributed by atoms with Crippen LogP contribution in [-0.2, 0) is 0 Å². The fraction of sp³-hybridized carbons (Fsp3) is 0.0435. The van der Waals surface area contributed by atoms with Gasteiger partial charge in [0, 0.05) is 23.1 Å². The zero-order valence-corrected chi connectivity index (χ0v) is 16.1. The predicted octanol–water partition coefficient (Wildman–Crippen LogP) is 4.04. The Morgan fingerprint density at radius 3 is 2.27 bits per heavy atom. The summed E-state index contributed by atoms with van der Waals surface area (Å²) in [6, 6.07) is 20.9. The number of aromatic nitrogens is 2. The van der Waals surface area contributed by atoms with Crippen molar-refractivity contribution in [1.29, 1.82) is 0 Å². The molecule has 0 unspecified atom stereocenters. The lowest BCUT2D eigenvalue weighted by Crippen LogP contribution is -2.16. The molecule has 7 heteroatoms. The number of anilines is 2. The summed E-state index contributed by atoms with van der Waals surface area (Å²) in [5.41, 5.74) is 2.24. The van der Waals surface area contributed by atoms with Gasteiger partial charge in [0.1, 0.15) is 0 Å². The molecule has 0 bridgehead atoms. The van der Waals surface area contributed by atoms with Gasteiger partial charge in [-0.2, -0.15) is 0 Å². The van der Waals surface area contributed by atoms with Crippen LogP contribution < -0.4 is 10.6 Å². The van der Waals surface area contributed by atoms with Crippen LogP contribution in [0, 0.1) is 0 Å². The van der Waals surface area contributed by atoms with E-state index in [-0.39, 0.29) is 17.3 Å². The van der Waals surface area contributed by atoms with Crippen LogP contribution in [0.4, 0.5) is 11.4 Å². The minimum atomic E-state index is -0.490. The van der Waals surface area contributed by atoms with Gasteiger partial charge in [-0.15, -0.1) is 0 Å². The normalized spacial score (nSPS) is 10.6. The summed E-state index contributed by atoms with van der Waals surface area (Å²) in [5.74, 6) is -0.938. The number of Topliss-reactive ketones (excluding diaryl/α,β-unsaturated/α-hetero) is 1. The fourth-order valence-electron chi connectivity index (χ4n) is 3.08. The number of carbonyl (C=O) groups is 3. The Hall–Kier alpha value is -4.26. The van der Waals surface area contributed by atoms with Crippen molar-refractivity contribution in [3.05, 3.63) is 96.1 Å². The molecule has 30 heavy (non-hydrogen) atoms. The van der Waals surface area contributed by atoms with Gasteiger partial charge in [0.05, 0.1) is 5.52 Å². The first-order chi connectivity index (χ1) is 14.5. The monoisotopic (exact) mass is 398 g/mol. The molecule has 4 aromatic rings. The van der Waals surface area contributed by atoms with Crippen molar-refractivity contribution in [1.82, 2.24) is 9.38 Å². The van der Waals surface area contributed by atoms with Crippen molar-refractivity contribution in [2.75, 3.05) is 10.6 Å². The highest BCUT2D eigenvalue weighted by Crippen LogP contribution is 2.18. The lowest BCUT2D eigenvalue weighted by atomic mass is 10.1. The van der Waals surface area contributed by atoms with Crippen LogP contribution in [-0.4, -0.2) is 27.0 Å². The highest BCUT2D eigenvalue weighted by atomic mass is 16.2. The van der Waals surface area contributed by atoms with E-state index in [2.05, 4.69) is 15.6 Å². The molecule has 2 amide bonds. The van der Waals surface area contributed by atoms with E-state index in [9.17, 15) is 14.4 Å². The van der Waals surface area contributed by atoms with Gasteiger partial charge in [0.15, 0.2) is 11.5 Å². The summed E-state index contributed by atoms with van der Waals surface area (Å²) in [5, 5.41) is 5.53. The largest absolute Gasteiger partial charge is 0.321 e. The number of rotatable bonds is 5. The molecule has 0 saturated carbocycles. The van der Waals surface area contributed by atoms with Crippen LogP contribution in [0.3, 0.4) is 0 Å². The second kappa shape index (κ2) is 8.00. The number of pyridine rings is 1. The Morgan fingerprint density at radius 1 is 0.800 bits per heavy atom. The summed E-state index contributed by atoms with van der Waals surface area (Å²) in [7, 11) is 0. The van der Waals surface area contributed by atoms with E-state index >= 15 is 0 Å². The second-order valence-electron chi connectivity index (χ2n) is 6.65. The standard InChI is InChI=1S/C23H18N4O3/c1-15(28)16-8-7-11-18(14-16)25-23(30)21-26-20(19-12-5-6-13-27(19)21)22(29)24-17-9-3-2-4-10-17/h2-14H,1H3,(H,24,29)(H,25,30). The van der Waals surface area contributed by atoms with Gasteiger partial charge in [-0.3, -0.25) is 18.8 Å². The topological polar surface area (TPSA) is 92.6 Å². The smallest absolute Gasteiger partial charge is 0.292 e. The molecule has 2 heterocycles. The third kappa shape index (κ3) is 3.81. The summed E-state index contributed by atoms with van der Waals surface area (Å²) in [4.78, 5) is 41.6. The van der Waals surface area contributed by atoms with Gasteiger partial charge in [-0.25, -0.2) is 4.98 Å². The molecule has 0 atom stereocenters. The van der Waals surface area contributed by atoms with E-state index in [1.165, 1.54) is 6.92 Å². The van der Waals surface area contributed by atoms with Crippen molar-refractivity contribution >= 4 is 34.5 Å². The van der Waals surface area contributed by atoms with Gasteiger partial charge < -0.3 is 10.6 Å². The third-order valence-electron chi connectivity index (χ3n) is 4.53. The Labute approximate surface area is 172 Å². The number of nitrogens with one attached hydrogen (secondary N) is 2. The number of hydrogen-bond donors (Lipinski definition) is 2. The molecule has 2 aromatic carbocycles. The first kappa shape index (κ1) is 19.1. The summed E-state index contributed by atoms with van der Waals surface area (Å²) < 4.78 is 1.56. The van der Waals surface area contributed by atoms with E-state index < -0.39 is 11.8 Å². The van der Waals surface area contributed by atoms with Crippen molar-refractivity contribution < 1.29 is 14.4 Å². The maximum absolute atomic E-state index is 12.9. The number of nitrogens with zero attached hydrogens (tertiary/aromatic N) is 2. The first-order valence-corrected chi connectivity index (χ1v) is 9.29. The van der Waals surface area contributed by atoms with Crippen LogP contribution in [0.1, 0.15) is 38.4 Å². The number of carbonyl (C=O) groups excluding carboxylic acids is 3. The summed E-state index contributed by atoms with van der Waals surface area (Å²) in [6.45, 7) is 1.46. The van der Waals surface area contributed by atoms with Crippen molar-refractivity contribution in [3.8, 4) is 0 Å². The summed E-state index contributed by atoms with van der Waals surface area (Å²) in [6.07, 6.45) is 1.67. The highest BCUT2D eigenvalue weighted by molar-refractivity contribution is 6.10. The molecular weight excluding hydrogens is 380 g/mol. The lowest BCUT2D eigenvalue weighted by molar-refractivity contribution is 0.100. The number of ketones is 1. The van der Waals surface area contributed by atoms with Crippen molar-refractivity contribution in [2.24, 2.45) is 0 Å². The number of para-hydroxylation sites is 1. The van der Waals surface area contributed by atoms with Gasteiger partial charge >= 0.3 is 0 Å². The SMILES string of the molecule is CC(=O)c1cccc(NC(=O)c2nc(C(=O)Nc3ccccc3)c3ccccn23)c1. The molecule has 0 aliphatic carbocycles. The van der Waals surface area contributed by atoms with E-state index in [1.54, 1.807) is 65.2 Å². The molecule has 2 aromatic heterocycles. The summed E-state index contributed by atoms with van der Waals surface area (Å²) >= 11 is 0. The number of benzene rings is 2. The molecule has 0 aliphatic heterocycles. The molecule has 0 fully saturated rings. The van der Waals surface area contributed by atoms with Gasteiger partial charge in [0.2, 0.25) is 5.82 Å². The third-order valence-corrected chi connectivity index (χ3v) is 4.53. The number of fused-ring (bicyclic) bond motifs is 1. The molecule has 0 saturated heterocycles. The van der Waals surface area contributed by atoms with Gasteiger partial charge in [-0.05, 0) is 43.3 Å².